The van der Waals surface area contributed by atoms with Gasteiger partial charge in [-0.1, -0.05) is 43.7 Å². The molecule has 0 atom stereocenters. The van der Waals surface area contributed by atoms with Crippen molar-refractivity contribution >= 4 is 28.8 Å². The number of hydrogen-bond donors (Lipinski definition) is 1. The van der Waals surface area contributed by atoms with Gasteiger partial charge in [0.2, 0.25) is 0 Å². The van der Waals surface area contributed by atoms with E-state index in [9.17, 15) is 0 Å². The average molecular weight is 269 g/mol. The number of nitrogens with zero attached hydrogens (tertiary/aromatic N) is 3. The van der Waals surface area contributed by atoms with Crippen LogP contribution in [-0.2, 0) is 5.41 Å². The van der Waals surface area contributed by atoms with Gasteiger partial charge >= 0.3 is 0 Å². The first-order valence-corrected chi connectivity index (χ1v) is 6.32. The maximum Gasteiger partial charge on any atom is 0.190 e. The van der Waals surface area contributed by atoms with Crippen molar-refractivity contribution in [2.75, 3.05) is 5.73 Å². The van der Waals surface area contributed by atoms with Crippen molar-refractivity contribution in [1.82, 2.24) is 15.0 Å². The molecular formula is C11H13ClN4S. The molecular weight excluding hydrogens is 256 g/mol. The molecule has 2 N–H and O–H groups in total. The van der Waals surface area contributed by atoms with E-state index in [-0.39, 0.29) is 5.41 Å². The molecule has 0 saturated carbocycles. The van der Waals surface area contributed by atoms with Gasteiger partial charge in [-0.25, -0.2) is 15.0 Å². The molecule has 2 heterocycles. The molecule has 2 aromatic heterocycles. The summed E-state index contributed by atoms with van der Waals surface area (Å²) in [6.45, 7) is 6.23. The minimum atomic E-state index is -0.0765. The van der Waals surface area contributed by atoms with Crippen molar-refractivity contribution in [3.63, 3.8) is 0 Å². The fourth-order valence-corrected chi connectivity index (χ4v) is 2.15. The van der Waals surface area contributed by atoms with Gasteiger partial charge in [-0.15, -0.1) is 0 Å². The lowest BCUT2D eigenvalue weighted by Crippen LogP contribution is -2.15. The van der Waals surface area contributed by atoms with E-state index in [1.807, 2.05) is 0 Å². The molecule has 0 saturated heterocycles. The highest BCUT2D eigenvalue weighted by Gasteiger charge is 2.18. The molecule has 0 aliphatic rings. The highest BCUT2D eigenvalue weighted by Crippen LogP contribution is 2.28. The highest BCUT2D eigenvalue weighted by molar-refractivity contribution is 7.18. The zero-order chi connectivity index (χ0) is 12.6. The van der Waals surface area contributed by atoms with Crippen LogP contribution in [0.1, 0.15) is 26.5 Å². The fourth-order valence-electron chi connectivity index (χ4n) is 1.30. The number of rotatable bonds is 1. The summed E-state index contributed by atoms with van der Waals surface area (Å²) >= 11 is 7.19. The van der Waals surface area contributed by atoms with Crippen LogP contribution in [0, 0.1) is 0 Å². The Bertz CT molecular complexity index is 545. The topological polar surface area (TPSA) is 64.7 Å². The largest absolute Gasteiger partial charge is 0.384 e. The summed E-state index contributed by atoms with van der Waals surface area (Å²) in [7, 11) is 0. The van der Waals surface area contributed by atoms with Gasteiger partial charge in [0.25, 0.3) is 0 Å². The van der Waals surface area contributed by atoms with Crippen molar-refractivity contribution in [2.45, 2.75) is 26.2 Å². The van der Waals surface area contributed by atoms with E-state index < -0.39 is 0 Å². The zero-order valence-corrected chi connectivity index (χ0v) is 11.4. The molecule has 0 amide bonds. The third-order valence-electron chi connectivity index (χ3n) is 2.18. The van der Waals surface area contributed by atoms with E-state index in [0.717, 1.165) is 5.69 Å². The number of halogens is 1. The number of hydrogen-bond acceptors (Lipinski definition) is 5. The SMILES string of the molecule is CC(C)(C)c1cc(N)nc(-c2ncc(Cl)s2)n1. The lowest BCUT2D eigenvalue weighted by molar-refractivity contribution is 0.568. The quantitative estimate of drug-likeness (QED) is 0.863. The summed E-state index contributed by atoms with van der Waals surface area (Å²) in [6, 6.07) is 1.79. The predicted molar refractivity (Wildman–Crippen MR) is 71.3 cm³/mol. The normalized spacial score (nSPS) is 11.8. The Morgan fingerprint density at radius 3 is 2.53 bits per heavy atom. The molecule has 4 nitrogen and oxygen atoms in total. The average Bonchev–Trinajstić information content (AvgIpc) is 2.62. The summed E-state index contributed by atoms with van der Waals surface area (Å²) in [6.07, 6.45) is 1.59. The summed E-state index contributed by atoms with van der Waals surface area (Å²) in [5, 5.41) is 0.688. The Labute approximate surface area is 109 Å². The van der Waals surface area contributed by atoms with Gasteiger partial charge in [0, 0.05) is 11.5 Å². The molecule has 0 spiro atoms. The molecule has 0 radical (unpaired) electrons. The second kappa shape index (κ2) is 4.23. The van der Waals surface area contributed by atoms with Crippen LogP contribution in [0.25, 0.3) is 10.8 Å². The lowest BCUT2D eigenvalue weighted by atomic mass is 9.92. The minimum Gasteiger partial charge on any atom is -0.384 e. The van der Waals surface area contributed by atoms with Crippen LogP contribution in [0.5, 0.6) is 0 Å². The number of nitrogen functional groups attached to an aromatic ring is 1. The third kappa shape index (κ3) is 2.73. The smallest absolute Gasteiger partial charge is 0.190 e. The Kier molecular flexibility index (Phi) is 3.05. The Morgan fingerprint density at radius 2 is 2.00 bits per heavy atom. The van der Waals surface area contributed by atoms with Gasteiger partial charge in [-0.3, -0.25) is 0 Å². The van der Waals surface area contributed by atoms with E-state index in [4.69, 9.17) is 17.3 Å². The van der Waals surface area contributed by atoms with Crippen molar-refractivity contribution in [3.8, 4) is 10.8 Å². The van der Waals surface area contributed by atoms with E-state index in [1.165, 1.54) is 11.3 Å². The molecule has 2 aromatic rings. The van der Waals surface area contributed by atoms with Crippen LogP contribution in [0.15, 0.2) is 12.3 Å². The molecule has 0 aliphatic carbocycles. The summed E-state index contributed by atoms with van der Waals surface area (Å²) in [5.74, 6) is 0.984. The molecule has 90 valence electrons. The molecule has 17 heavy (non-hydrogen) atoms. The highest BCUT2D eigenvalue weighted by atomic mass is 35.5. The Hall–Kier alpha value is -1.20. The monoisotopic (exact) mass is 268 g/mol. The van der Waals surface area contributed by atoms with E-state index in [2.05, 4.69) is 35.7 Å². The van der Waals surface area contributed by atoms with Gasteiger partial charge in [-0.05, 0) is 0 Å². The summed E-state index contributed by atoms with van der Waals surface area (Å²) < 4.78 is 0.614. The van der Waals surface area contributed by atoms with E-state index in [1.54, 1.807) is 12.3 Å². The number of nitrogens with two attached hydrogens (primary N) is 1. The third-order valence-corrected chi connectivity index (χ3v) is 3.29. The van der Waals surface area contributed by atoms with E-state index in [0.29, 0.717) is 21.0 Å². The summed E-state index contributed by atoms with van der Waals surface area (Å²) in [5.41, 5.74) is 6.61. The zero-order valence-electron chi connectivity index (χ0n) is 9.86. The Balaban J connectivity index is 2.52. The van der Waals surface area contributed by atoms with Crippen molar-refractivity contribution < 1.29 is 0 Å². The van der Waals surface area contributed by atoms with Crippen LogP contribution in [-0.4, -0.2) is 15.0 Å². The predicted octanol–water partition coefficient (Wildman–Crippen LogP) is 3.13. The first-order chi connectivity index (χ1) is 7.86. The van der Waals surface area contributed by atoms with Crippen LogP contribution in [0.3, 0.4) is 0 Å². The lowest BCUT2D eigenvalue weighted by Gasteiger charge is -2.18. The van der Waals surface area contributed by atoms with Crippen LogP contribution < -0.4 is 5.73 Å². The fraction of sp³-hybridized carbons (Fsp3) is 0.364. The molecule has 0 fully saturated rings. The minimum absolute atomic E-state index is 0.0765. The number of aromatic nitrogens is 3. The summed E-state index contributed by atoms with van der Waals surface area (Å²) in [4.78, 5) is 12.8. The molecule has 6 heteroatoms. The first kappa shape index (κ1) is 12.3. The van der Waals surface area contributed by atoms with Gasteiger partial charge in [0.1, 0.15) is 10.2 Å². The number of thiazole rings is 1. The van der Waals surface area contributed by atoms with Crippen LogP contribution in [0.2, 0.25) is 4.34 Å². The van der Waals surface area contributed by atoms with Crippen LogP contribution >= 0.6 is 22.9 Å². The second-order valence-corrected chi connectivity index (χ2v) is 6.38. The first-order valence-electron chi connectivity index (χ1n) is 5.13. The molecule has 0 aromatic carbocycles. The standard InChI is InChI=1S/C11H13ClN4S/c1-11(2,3)6-4-8(13)16-9(15-6)10-14-5-7(12)17-10/h4-5H,1-3H3,(H2,13,15,16). The maximum atomic E-state index is 5.85. The van der Waals surface area contributed by atoms with Crippen molar-refractivity contribution in [1.29, 1.82) is 0 Å². The second-order valence-electron chi connectivity index (χ2n) is 4.72. The number of anilines is 1. The van der Waals surface area contributed by atoms with Crippen molar-refractivity contribution in [3.05, 3.63) is 22.3 Å². The van der Waals surface area contributed by atoms with Gasteiger partial charge < -0.3 is 5.73 Å². The molecule has 0 aliphatic heterocycles. The maximum absolute atomic E-state index is 5.85. The van der Waals surface area contributed by atoms with E-state index >= 15 is 0 Å². The van der Waals surface area contributed by atoms with Gasteiger partial charge in [0.05, 0.1) is 11.9 Å². The molecule has 0 unspecified atom stereocenters. The van der Waals surface area contributed by atoms with Crippen molar-refractivity contribution in [2.24, 2.45) is 0 Å². The van der Waals surface area contributed by atoms with Gasteiger partial charge in [-0.2, -0.15) is 0 Å². The van der Waals surface area contributed by atoms with Crippen LogP contribution in [0.4, 0.5) is 5.82 Å². The van der Waals surface area contributed by atoms with Gasteiger partial charge in [0.15, 0.2) is 10.8 Å². The Morgan fingerprint density at radius 1 is 1.29 bits per heavy atom. The molecule has 0 bridgehead atoms. The molecule has 2 rings (SSSR count).